The molecule has 1 heterocycles. The second kappa shape index (κ2) is 5.49. The Morgan fingerprint density at radius 3 is 2.65 bits per heavy atom. The fraction of sp³-hybridized carbons (Fsp3) is 0.833. The minimum Gasteiger partial charge on any atom is -0.480 e. The number of morpholine rings is 1. The highest BCUT2D eigenvalue weighted by molar-refractivity contribution is 5.84. The Bertz CT molecular complexity index is 299. The molecule has 1 amide bonds. The zero-order chi connectivity index (χ0) is 12.3. The highest BCUT2D eigenvalue weighted by atomic mass is 16.5. The van der Waals surface area contributed by atoms with E-state index < -0.39 is 12.0 Å². The van der Waals surface area contributed by atoms with Gasteiger partial charge >= 0.3 is 5.97 Å². The van der Waals surface area contributed by atoms with Crippen molar-refractivity contribution in [3.8, 4) is 0 Å². The van der Waals surface area contributed by atoms with E-state index in [9.17, 15) is 9.59 Å². The summed E-state index contributed by atoms with van der Waals surface area (Å²) in [7, 11) is 0. The summed E-state index contributed by atoms with van der Waals surface area (Å²) in [4.78, 5) is 24.6. The van der Waals surface area contributed by atoms with Crippen LogP contribution in [-0.4, -0.2) is 47.7 Å². The Kier molecular flexibility index (Phi) is 3.99. The van der Waals surface area contributed by atoms with Crippen LogP contribution < -0.4 is 0 Å². The molecule has 2 aliphatic rings. The van der Waals surface area contributed by atoms with E-state index in [1.807, 2.05) is 0 Å². The Balaban J connectivity index is 1.93. The van der Waals surface area contributed by atoms with Crippen LogP contribution in [0.25, 0.3) is 0 Å². The predicted octanol–water partition coefficient (Wildman–Crippen LogP) is 0.879. The van der Waals surface area contributed by atoms with Crippen LogP contribution in [0.5, 0.6) is 0 Å². The summed E-state index contributed by atoms with van der Waals surface area (Å²) in [6.45, 7) is 0.967. The lowest BCUT2D eigenvalue weighted by Gasteiger charge is -2.33. The Morgan fingerprint density at radius 2 is 2.00 bits per heavy atom. The van der Waals surface area contributed by atoms with Gasteiger partial charge in [0, 0.05) is 13.0 Å². The number of carboxylic acid groups (broad SMARTS) is 1. The number of nitrogens with zero attached hydrogens (tertiary/aromatic N) is 1. The van der Waals surface area contributed by atoms with Crippen molar-refractivity contribution < 1.29 is 19.4 Å². The number of carboxylic acids is 1. The largest absolute Gasteiger partial charge is 0.480 e. The summed E-state index contributed by atoms with van der Waals surface area (Å²) in [6.07, 6.45) is 5.11. The molecule has 1 atom stereocenters. The summed E-state index contributed by atoms with van der Waals surface area (Å²) >= 11 is 0. The average molecular weight is 241 g/mol. The first kappa shape index (κ1) is 12.4. The topological polar surface area (TPSA) is 66.8 Å². The molecule has 0 aromatic carbocycles. The smallest absolute Gasteiger partial charge is 0.328 e. The molecule has 17 heavy (non-hydrogen) atoms. The van der Waals surface area contributed by atoms with Gasteiger partial charge < -0.3 is 14.7 Å². The van der Waals surface area contributed by atoms with E-state index >= 15 is 0 Å². The van der Waals surface area contributed by atoms with Crippen LogP contribution in [0.2, 0.25) is 0 Å². The Labute approximate surface area is 101 Å². The molecule has 5 heteroatoms. The molecular formula is C12H19NO4. The van der Waals surface area contributed by atoms with E-state index in [-0.39, 0.29) is 12.5 Å². The van der Waals surface area contributed by atoms with Crippen molar-refractivity contribution in [1.82, 2.24) is 4.90 Å². The molecule has 0 radical (unpaired) electrons. The van der Waals surface area contributed by atoms with Gasteiger partial charge in [0.2, 0.25) is 5.91 Å². The molecule has 1 N–H and O–H groups in total. The molecule has 1 saturated heterocycles. The van der Waals surface area contributed by atoms with Crippen molar-refractivity contribution in [3.05, 3.63) is 0 Å². The number of hydrogen-bond donors (Lipinski definition) is 1. The lowest BCUT2D eigenvalue weighted by Crippen LogP contribution is -2.52. The summed E-state index contributed by atoms with van der Waals surface area (Å²) in [5.41, 5.74) is 0. The van der Waals surface area contributed by atoms with Gasteiger partial charge in [-0.05, 0) is 18.8 Å². The van der Waals surface area contributed by atoms with Gasteiger partial charge in [0.15, 0.2) is 6.04 Å². The number of carbonyl (C=O) groups is 2. The van der Waals surface area contributed by atoms with Crippen molar-refractivity contribution in [1.29, 1.82) is 0 Å². The average Bonchev–Trinajstić information content (AvgIpc) is 2.81. The van der Waals surface area contributed by atoms with E-state index in [0.29, 0.717) is 25.5 Å². The van der Waals surface area contributed by atoms with Gasteiger partial charge in [-0.3, -0.25) is 4.79 Å². The van der Waals surface area contributed by atoms with Crippen LogP contribution in [0.3, 0.4) is 0 Å². The van der Waals surface area contributed by atoms with Gasteiger partial charge in [-0.2, -0.15) is 0 Å². The second-order valence-electron chi connectivity index (χ2n) is 4.87. The van der Waals surface area contributed by atoms with Crippen LogP contribution in [0.4, 0.5) is 0 Å². The van der Waals surface area contributed by atoms with Crippen molar-refractivity contribution in [3.63, 3.8) is 0 Å². The zero-order valence-electron chi connectivity index (χ0n) is 9.93. The molecule has 0 bridgehead atoms. The Hall–Kier alpha value is -1.10. The molecule has 96 valence electrons. The first-order valence-electron chi connectivity index (χ1n) is 6.28. The zero-order valence-corrected chi connectivity index (χ0v) is 9.93. The second-order valence-corrected chi connectivity index (χ2v) is 4.87. The fourth-order valence-corrected chi connectivity index (χ4v) is 2.69. The summed E-state index contributed by atoms with van der Waals surface area (Å²) < 4.78 is 5.12. The lowest BCUT2D eigenvalue weighted by atomic mass is 10.0. The van der Waals surface area contributed by atoms with Crippen LogP contribution >= 0.6 is 0 Å². The normalized spacial score (nSPS) is 26.1. The minimum absolute atomic E-state index is 0.0207. The molecule has 5 nitrogen and oxygen atoms in total. The maximum absolute atomic E-state index is 12.1. The van der Waals surface area contributed by atoms with E-state index in [1.54, 1.807) is 0 Å². The maximum atomic E-state index is 12.1. The van der Waals surface area contributed by atoms with E-state index in [2.05, 4.69) is 0 Å². The number of amides is 1. The minimum atomic E-state index is -0.968. The summed E-state index contributed by atoms with van der Waals surface area (Å²) in [6, 6.07) is -0.794. The van der Waals surface area contributed by atoms with Crippen LogP contribution in [0, 0.1) is 5.92 Å². The van der Waals surface area contributed by atoms with Gasteiger partial charge in [-0.1, -0.05) is 12.8 Å². The lowest BCUT2D eigenvalue weighted by molar-refractivity contribution is -0.158. The number of hydrogen-bond acceptors (Lipinski definition) is 3. The van der Waals surface area contributed by atoms with Crippen molar-refractivity contribution in [2.45, 2.75) is 38.1 Å². The van der Waals surface area contributed by atoms with Gasteiger partial charge in [0.05, 0.1) is 13.2 Å². The third kappa shape index (κ3) is 2.97. The van der Waals surface area contributed by atoms with Gasteiger partial charge in [-0.15, -0.1) is 0 Å². The monoisotopic (exact) mass is 241 g/mol. The van der Waals surface area contributed by atoms with Crippen LogP contribution in [0.15, 0.2) is 0 Å². The fourth-order valence-electron chi connectivity index (χ4n) is 2.69. The molecule has 0 aromatic rings. The van der Waals surface area contributed by atoms with Crippen LogP contribution in [-0.2, 0) is 14.3 Å². The van der Waals surface area contributed by atoms with E-state index in [0.717, 1.165) is 12.8 Å². The summed E-state index contributed by atoms with van der Waals surface area (Å²) in [5.74, 6) is -0.531. The third-order valence-electron chi connectivity index (χ3n) is 3.67. The molecule has 2 fully saturated rings. The molecule has 2 rings (SSSR count). The highest BCUT2D eigenvalue weighted by Gasteiger charge is 2.33. The molecule has 0 spiro atoms. The first-order valence-corrected chi connectivity index (χ1v) is 6.28. The molecule has 1 saturated carbocycles. The molecule has 1 aliphatic carbocycles. The van der Waals surface area contributed by atoms with Crippen molar-refractivity contribution in [2.75, 3.05) is 19.8 Å². The molecule has 0 aromatic heterocycles. The third-order valence-corrected chi connectivity index (χ3v) is 3.67. The number of ether oxygens (including phenoxy) is 1. The first-order chi connectivity index (χ1) is 8.18. The van der Waals surface area contributed by atoms with Crippen LogP contribution in [0.1, 0.15) is 32.1 Å². The predicted molar refractivity (Wildman–Crippen MR) is 60.5 cm³/mol. The standard InChI is InChI=1S/C12H19NO4/c14-11(7-9-3-1-2-4-9)13-5-6-17-8-10(13)12(15)16/h9-10H,1-8H2,(H,15,16)/t10-/m1/s1. The van der Waals surface area contributed by atoms with Gasteiger partial charge in [0.1, 0.15) is 0 Å². The quantitative estimate of drug-likeness (QED) is 0.796. The summed E-state index contributed by atoms with van der Waals surface area (Å²) in [5, 5.41) is 9.04. The molecule has 0 unspecified atom stereocenters. The van der Waals surface area contributed by atoms with E-state index in [4.69, 9.17) is 9.84 Å². The van der Waals surface area contributed by atoms with E-state index in [1.165, 1.54) is 17.7 Å². The molecular weight excluding hydrogens is 222 g/mol. The van der Waals surface area contributed by atoms with Gasteiger partial charge in [-0.25, -0.2) is 4.79 Å². The van der Waals surface area contributed by atoms with Crippen molar-refractivity contribution >= 4 is 11.9 Å². The number of rotatable bonds is 3. The SMILES string of the molecule is O=C(O)[C@H]1COCCN1C(=O)CC1CCCC1. The highest BCUT2D eigenvalue weighted by Crippen LogP contribution is 2.28. The Morgan fingerprint density at radius 1 is 1.29 bits per heavy atom. The number of aliphatic carboxylic acids is 1. The van der Waals surface area contributed by atoms with Crippen molar-refractivity contribution in [2.24, 2.45) is 5.92 Å². The maximum Gasteiger partial charge on any atom is 0.328 e. The number of carbonyl (C=O) groups excluding carboxylic acids is 1. The molecule has 1 aliphatic heterocycles. The van der Waals surface area contributed by atoms with Gasteiger partial charge in [0.25, 0.3) is 0 Å².